The Hall–Kier alpha value is -3.31. The SMILES string of the molecule is CCC(CSC1CCC1SCC(CC(=O)CCOCCC(C)=O)C(=O)O)C(=O)NCCC(=O)OCC(=O)Nc1ccn([C@@H]2O[C@H](CCP(=O)(O)O)[C@@H](O)C2(F)F)c(=O)n1. The number of alkyl halides is 2. The second kappa shape index (κ2) is 23.6. The Morgan fingerprint density at radius 2 is 1.71 bits per heavy atom. The average molecular weight is 901 g/mol. The van der Waals surface area contributed by atoms with Crippen LogP contribution in [0, 0.1) is 11.8 Å². The van der Waals surface area contributed by atoms with Gasteiger partial charge in [-0.25, -0.2) is 4.79 Å². The van der Waals surface area contributed by atoms with E-state index in [1.807, 2.05) is 6.92 Å². The van der Waals surface area contributed by atoms with E-state index in [4.69, 9.17) is 24.0 Å². The molecule has 332 valence electrons. The number of ketones is 2. The molecule has 1 aliphatic heterocycles. The van der Waals surface area contributed by atoms with E-state index in [1.165, 1.54) is 18.7 Å². The molecule has 2 fully saturated rings. The predicted octanol–water partition coefficient (Wildman–Crippen LogP) is 1.76. The lowest BCUT2D eigenvalue weighted by molar-refractivity contribution is -0.147. The minimum absolute atomic E-state index is 0.0210. The molecule has 19 nitrogen and oxygen atoms in total. The van der Waals surface area contributed by atoms with E-state index >= 15 is 0 Å². The number of aliphatic carboxylic acids is 1. The van der Waals surface area contributed by atoms with Gasteiger partial charge < -0.3 is 44.8 Å². The van der Waals surface area contributed by atoms with Crippen LogP contribution in [0.15, 0.2) is 17.1 Å². The number of carboxylic acids is 1. The summed E-state index contributed by atoms with van der Waals surface area (Å²) in [7, 11) is -4.58. The zero-order chi connectivity index (χ0) is 43.9. The van der Waals surface area contributed by atoms with Crippen LogP contribution in [-0.4, -0.2) is 138 Å². The number of amides is 2. The van der Waals surface area contributed by atoms with Crippen molar-refractivity contribution in [2.45, 2.75) is 100 Å². The number of aromatic nitrogens is 2. The highest BCUT2D eigenvalue weighted by molar-refractivity contribution is 8.04. The summed E-state index contributed by atoms with van der Waals surface area (Å²) in [4.78, 5) is 107. The summed E-state index contributed by atoms with van der Waals surface area (Å²) < 4.78 is 56.1. The standard InChI is InChI=1S/C35H51F2N4O15PS2/c1-3-21(18-58-25-4-5-26(25)59-19-22(32(48)49)16-23(43)9-14-54-13-8-20(2)42)31(47)38-11-6-29(45)55-17-28(44)39-27-7-12-41(34(50)40-27)33-35(36,37)30(46)24(56-33)10-15-57(51,52)53/h7,12,21-22,24-26,30,33,46H,3-6,8-11,13-19H2,1-2H3,(H,38,47)(H,48,49)(H2,51,52,53)(H,39,40,44,50)/t21?,22?,24-,25?,26?,30-,33-/m1/s1. The topological polar surface area (TPSA) is 287 Å². The van der Waals surface area contributed by atoms with Gasteiger partial charge in [-0.1, -0.05) is 6.92 Å². The molecule has 0 radical (unpaired) electrons. The van der Waals surface area contributed by atoms with Crippen molar-refractivity contribution >= 4 is 72.3 Å². The number of halogens is 2. The summed E-state index contributed by atoms with van der Waals surface area (Å²) in [5, 5.41) is 24.9. The summed E-state index contributed by atoms with van der Waals surface area (Å²) in [6, 6.07) is 0.971. The molecule has 0 bridgehead atoms. The quantitative estimate of drug-likeness (QED) is 0.0417. The molecule has 3 rings (SSSR count). The minimum atomic E-state index is -4.58. The number of carbonyl (C=O) groups excluding carboxylic acids is 5. The molecule has 0 aromatic carbocycles. The number of nitrogens with zero attached hydrogens (tertiary/aromatic N) is 2. The Balaban J connectivity index is 1.34. The zero-order valence-electron chi connectivity index (χ0n) is 32.5. The smallest absolute Gasteiger partial charge is 0.351 e. The van der Waals surface area contributed by atoms with E-state index in [-0.39, 0.29) is 90.9 Å². The van der Waals surface area contributed by atoms with Crippen molar-refractivity contribution < 1.29 is 76.3 Å². The van der Waals surface area contributed by atoms with Gasteiger partial charge in [-0.15, -0.1) is 0 Å². The molecule has 59 heavy (non-hydrogen) atoms. The highest BCUT2D eigenvalue weighted by Gasteiger charge is 2.59. The van der Waals surface area contributed by atoms with Crippen molar-refractivity contribution in [3.63, 3.8) is 0 Å². The number of rotatable bonds is 27. The van der Waals surface area contributed by atoms with Gasteiger partial charge in [0.2, 0.25) is 12.1 Å². The van der Waals surface area contributed by atoms with Crippen LogP contribution < -0.4 is 16.3 Å². The van der Waals surface area contributed by atoms with Crippen LogP contribution in [0.2, 0.25) is 0 Å². The minimum Gasteiger partial charge on any atom is -0.481 e. The summed E-state index contributed by atoms with van der Waals surface area (Å²) in [5.74, 6) is -8.17. The van der Waals surface area contributed by atoms with Gasteiger partial charge in [-0.05, 0) is 38.7 Å². The Bertz CT molecular complexity index is 1750. The van der Waals surface area contributed by atoms with E-state index in [1.54, 1.807) is 11.8 Å². The number of ether oxygens (including phenoxy) is 3. The first-order chi connectivity index (χ1) is 27.7. The van der Waals surface area contributed by atoms with Gasteiger partial charge in [-0.2, -0.15) is 37.3 Å². The third-order valence-electron chi connectivity index (χ3n) is 9.41. The lowest BCUT2D eigenvalue weighted by atomic mass is 9.99. The number of hydrogen-bond donors (Lipinski definition) is 6. The molecule has 6 N–H and O–H groups in total. The third kappa shape index (κ3) is 16.6. The highest BCUT2D eigenvalue weighted by atomic mass is 32.2. The lowest BCUT2D eigenvalue weighted by Crippen LogP contribution is -2.41. The second-order valence-corrected chi connectivity index (χ2v) is 18.4. The average Bonchev–Trinajstić information content (AvgIpc) is 3.36. The monoisotopic (exact) mass is 900 g/mol. The Morgan fingerprint density at radius 1 is 1.07 bits per heavy atom. The normalized spacial score (nSPS) is 22.1. The maximum absolute atomic E-state index is 14.7. The van der Waals surface area contributed by atoms with Crippen LogP contribution in [-0.2, 0) is 47.5 Å². The van der Waals surface area contributed by atoms with Gasteiger partial charge in [0, 0.05) is 59.9 Å². The van der Waals surface area contributed by atoms with Crippen LogP contribution in [0.1, 0.15) is 71.4 Å². The van der Waals surface area contributed by atoms with E-state index in [0.717, 1.165) is 25.1 Å². The summed E-state index contributed by atoms with van der Waals surface area (Å²) in [6.07, 6.45) is -4.90. The first kappa shape index (κ1) is 50.0. The fraction of sp³-hybridized carbons (Fsp3) is 0.714. The molecule has 2 heterocycles. The first-order valence-corrected chi connectivity index (χ1v) is 22.7. The summed E-state index contributed by atoms with van der Waals surface area (Å²) in [5.41, 5.74) is -1.31. The van der Waals surface area contributed by atoms with Gasteiger partial charge in [0.05, 0.1) is 37.8 Å². The van der Waals surface area contributed by atoms with Crippen molar-refractivity contribution in [1.82, 2.24) is 14.9 Å². The Morgan fingerprint density at radius 3 is 2.29 bits per heavy atom. The van der Waals surface area contributed by atoms with Gasteiger partial charge in [0.1, 0.15) is 23.5 Å². The van der Waals surface area contributed by atoms with Gasteiger partial charge in [-0.3, -0.25) is 37.9 Å². The molecular formula is C35H51F2N4O15PS2. The fourth-order valence-electron chi connectivity index (χ4n) is 5.76. The van der Waals surface area contributed by atoms with Gasteiger partial charge in [0.15, 0.2) is 6.61 Å². The molecular weight excluding hydrogens is 850 g/mol. The number of aliphatic hydroxyl groups is 1. The highest BCUT2D eigenvalue weighted by Crippen LogP contribution is 2.45. The molecule has 4 unspecified atom stereocenters. The molecule has 1 aromatic rings. The fourth-order valence-corrected chi connectivity index (χ4v) is 9.74. The molecule has 24 heteroatoms. The molecule has 7 atom stereocenters. The number of carbonyl (C=O) groups is 6. The number of esters is 1. The Kier molecular flexibility index (Phi) is 20.0. The van der Waals surface area contributed by atoms with Crippen molar-refractivity contribution in [3.05, 3.63) is 22.7 Å². The third-order valence-corrected chi connectivity index (χ3v) is 13.6. The number of Topliss-reactive ketones (excluding diaryl/α,β-unsaturated/α-hetero) is 2. The van der Waals surface area contributed by atoms with Crippen LogP contribution in [0.25, 0.3) is 0 Å². The van der Waals surface area contributed by atoms with E-state index < -0.39 is 80.6 Å². The summed E-state index contributed by atoms with van der Waals surface area (Å²) in [6.45, 7) is 2.76. The van der Waals surface area contributed by atoms with E-state index in [2.05, 4.69) is 15.6 Å². The van der Waals surface area contributed by atoms with Gasteiger partial charge >= 0.3 is 31.1 Å². The molecule has 0 spiro atoms. The molecule has 2 aliphatic rings. The number of thioether (sulfide) groups is 2. The van der Waals surface area contributed by atoms with Crippen molar-refractivity contribution in [2.75, 3.05) is 49.3 Å². The Labute approximate surface area is 346 Å². The summed E-state index contributed by atoms with van der Waals surface area (Å²) >= 11 is 3.12. The van der Waals surface area contributed by atoms with E-state index in [9.17, 15) is 57.1 Å². The first-order valence-electron chi connectivity index (χ1n) is 18.8. The number of nitrogens with one attached hydrogen (secondary N) is 2. The van der Waals surface area contributed by atoms with Crippen LogP contribution in [0.5, 0.6) is 0 Å². The van der Waals surface area contributed by atoms with Crippen molar-refractivity contribution in [3.8, 4) is 0 Å². The molecule has 1 saturated heterocycles. The predicted molar refractivity (Wildman–Crippen MR) is 209 cm³/mol. The maximum Gasteiger partial charge on any atom is 0.351 e. The van der Waals surface area contributed by atoms with Gasteiger partial charge in [0.25, 0.3) is 5.91 Å². The maximum atomic E-state index is 14.7. The van der Waals surface area contributed by atoms with Crippen molar-refractivity contribution in [1.29, 1.82) is 0 Å². The van der Waals surface area contributed by atoms with Crippen LogP contribution in [0.3, 0.4) is 0 Å². The second-order valence-electron chi connectivity index (χ2n) is 14.1. The van der Waals surface area contributed by atoms with E-state index in [0.29, 0.717) is 16.7 Å². The van der Waals surface area contributed by atoms with Crippen molar-refractivity contribution in [2.24, 2.45) is 11.8 Å². The zero-order valence-corrected chi connectivity index (χ0v) is 35.0. The number of aliphatic hydroxyl groups excluding tert-OH is 1. The lowest BCUT2D eigenvalue weighted by Gasteiger charge is -2.36. The number of hydrogen-bond acceptors (Lipinski definition) is 15. The number of carboxylic acid groups (broad SMARTS) is 1. The molecule has 1 aromatic heterocycles. The van der Waals surface area contributed by atoms with Crippen LogP contribution in [0.4, 0.5) is 14.6 Å². The number of anilines is 1. The largest absolute Gasteiger partial charge is 0.481 e. The molecule has 1 saturated carbocycles. The van der Waals surface area contributed by atoms with Crippen LogP contribution >= 0.6 is 31.1 Å². The molecule has 1 aliphatic carbocycles. The molecule has 2 amide bonds.